The van der Waals surface area contributed by atoms with Crippen molar-refractivity contribution in [1.29, 1.82) is 0 Å². The average Bonchev–Trinajstić information content (AvgIpc) is 2.39. The third-order valence-electron chi connectivity index (χ3n) is 3.72. The molecule has 0 radical (unpaired) electrons. The van der Waals surface area contributed by atoms with E-state index in [0.717, 1.165) is 18.8 Å². The molecule has 108 valence electrons. The zero-order valence-corrected chi connectivity index (χ0v) is 13.0. The van der Waals surface area contributed by atoms with Gasteiger partial charge in [0, 0.05) is 25.3 Å². The van der Waals surface area contributed by atoms with Crippen molar-refractivity contribution in [2.24, 2.45) is 5.92 Å². The predicted molar refractivity (Wildman–Crippen MR) is 79.9 cm³/mol. The van der Waals surface area contributed by atoms with Crippen LogP contribution >= 0.6 is 0 Å². The minimum atomic E-state index is 0.291. The van der Waals surface area contributed by atoms with E-state index in [0.29, 0.717) is 12.0 Å². The Hall–Kier alpha value is -1.06. The van der Waals surface area contributed by atoms with Gasteiger partial charge in [0.2, 0.25) is 0 Å². The Balaban J connectivity index is 3.01. The molecule has 1 N–H and O–H groups in total. The largest absolute Gasteiger partial charge is 0.496 e. The normalized spacial score (nSPS) is 14.2. The van der Waals surface area contributed by atoms with Crippen molar-refractivity contribution in [3.8, 4) is 5.75 Å². The zero-order chi connectivity index (χ0) is 14.4. The molecule has 1 aromatic rings. The van der Waals surface area contributed by atoms with Gasteiger partial charge in [0.1, 0.15) is 5.75 Å². The second kappa shape index (κ2) is 7.51. The van der Waals surface area contributed by atoms with E-state index in [9.17, 15) is 0 Å². The predicted octanol–water partition coefficient (Wildman–Crippen LogP) is 3.25. The number of hydrogen-bond acceptors (Lipinski definition) is 3. The maximum atomic E-state index is 5.61. The van der Waals surface area contributed by atoms with Gasteiger partial charge in [-0.05, 0) is 44.4 Å². The Morgan fingerprint density at radius 1 is 1.21 bits per heavy atom. The second-order valence-electron chi connectivity index (χ2n) is 5.27. The summed E-state index contributed by atoms with van der Waals surface area (Å²) in [7, 11) is 5.50. The lowest BCUT2D eigenvalue weighted by Crippen LogP contribution is -2.21. The van der Waals surface area contributed by atoms with Crippen LogP contribution in [0.1, 0.15) is 36.1 Å². The van der Waals surface area contributed by atoms with Crippen molar-refractivity contribution in [2.75, 3.05) is 27.9 Å². The van der Waals surface area contributed by atoms with Gasteiger partial charge in [0.25, 0.3) is 0 Å². The molecule has 2 unspecified atom stereocenters. The summed E-state index contributed by atoms with van der Waals surface area (Å²) in [5.74, 6) is 1.51. The Morgan fingerprint density at radius 2 is 1.89 bits per heavy atom. The van der Waals surface area contributed by atoms with Crippen LogP contribution in [0.4, 0.5) is 0 Å². The van der Waals surface area contributed by atoms with Crippen LogP contribution in [0.3, 0.4) is 0 Å². The Bertz CT molecular complexity index is 404. The number of ether oxygens (including phenoxy) is 2. The number of methoxy groups -OCH3 is 2. The molecule has 0 bridgehead atoms. The van der Waals surface area contributed by atoms with Crippen molar-refractivity contribution in [1.82, 2.24) is 5.32 Å². The summed E-state index contributed by atoms with van der Waals surface area (Å²) >= 11 is 0. The zero-order valence-electron chi connectivity index (χ0n) is 13.0. The molecule has 2 atom stereocenters. The Morgan fingerprint density at radius 3 is 2.42 bits per heavy atom. The van der Waals surface area contributed by atoms with Crippen LogP contribution < -0.4 is 10.1 Å². The fraction of sp³-hybridized carbons (Fsp3) is 0.625. The highest BCUT2D eigenvalue weighted by molar-refractivity contribution is 5.46. The molecule has 0 saturated carbocycles. The van der Waals surface area contributed by atoms with E-state index >= 15 is 0 Å². The maximum absolute atomic E-state index is 5.61. The van der Waals surface area contributed by atoms with Crippen molar-refractivity contribution >= 4 is 0 Å². The van der Waals surface area contributed by atoms with Crippen LogP contribution in [0.25, 0.3) is 0 Å². The second-order valence-corrected chi connectivity index (χ2v) is 5.27. The van der Waals surface area contributed by atoms with Crippen LogP contribution in [-0.4, -0.2) is 27.9 Å². The quantitative estimate of drug-likeness (QED) is 0.821. The third kappa shape index (κ3) is 3.95. The number of aryl methyl sites for hydroxylation is 1. The maximum Gasteiger partial charge on any atom is 0.126 e. The molecule has 0 spiro atoms. The van der Waals surface area contributed by atoms with Crippen molar-refractivity contribution < 1.29 is 9.47 Å². The topological polar surface area (TPSA) is 30.5 Å². The SMILES string of the molecule is CNC(CC(C)COC)c1ccc(C)c(C)c1OC. The highest BCUT2D eigenvalue weighted by atomic mass is 16.5. The molecule has 3 heteroatoms. The Kier molecular flexibility index (Phi) is 6.32. The first-order valence-corrected chi connectivity index (χ1v) is 6.85. The fourth-order valence-corrected chi connectivity index (χ4v) is 2.51. The van der Waals surface area contributed by atoms with E-state index in [1.165, 1.54) is 16.7 Å². The minimum Gasteiger partial charge on any atom is -0.496 e. The van der Waals surface area contributed by atoms with E-state index in [2.05, 4.69) is 38.2 Å². The highest BCUT2D eigenvalue weighted by Crippen LogP contribution is 2.33. The summed E-state index contributed by atoms with van der Waals surface area (Å²) in [6.45, 7) is 7.22. The number of rotatable bonds is 7. The van der Waals surface area contributed by atoms with Gasteiger partial charge in [0.05, 0.1) is 7.11 Å². The van der Waals surface area contributed by atoms with Gasteiger partial charge in [0.15, 0.2) is 0 Å². The fourth-order valence-electron chi connectivity index (χ4n) is 2.51. The van der Waals surface area contributed by atoms with Gasteiger partial charge in [-0.2, -0.15) is 0 Å². The van der Waals surface area contributed by atoms with Gasteiger partial charge in [-0.25, -0.2) is 0 Å². The molecular formula is C16H27NO2. The van der Waals surface area contributed by atoms with Gasteiger partial charge >= 0.3 is 0 Å². The average molecular weight is 265 g/mol. The number of benzene rings is 1. The molecular weight excluding hydrogens is 238 g/mol. The first-order valence-electron chi connectivity index (χ1n) is 6.85. The number of nitrogens with one attached hydrogen (secondary N) is 1. The summed E-state index contributed by atoms with van der Waals surface area (Å²) in [5, 5.41) is 3.39. The highest BCUT2D eigenvalue weighted by Gasteiger charge is 2.19. The van der Waals surface area contributed by atoms with E-state index in [4.69, 9.17) is 9.47 Å². The van der Waals surface area contributed by atoms with Gasteiger partial charge in [-0.1, -0.05) is 19.1 Å². The lowest BCUT2D eigenvalue weighted by molar-refractivity contribution is 0.149. The van der Waals surface area contributed by atoms with Crippen LogP contribution in [0.5, 0.6) is 5.75 Å². The van der Waals surface area contributed by atoms with Crippen LogP contribution in [0.15, 0.2) is 12.1 Å². The minimum absolute atomic E-state index is 0.291. The molecule has 0 heterocycles. The molecule has 3 nitrogen and oxygen atoms in total. The molecule has 0 aliphatic carbocycles. The summed E-state index contributed by atoms with van der Waals surface area (Å²) < 4.78 is 10.8. The molecule has 19 heavy (non-hydrogen) atoms. The van der Waals surface area contributed by atoms with E-state index < -0.39 is 0 Å². The van der Waals surface area contributed by atoms with Crippen molar-refractivity contribution in [3.63, 3.8) is 0 Å². The molecule has 0 amide bonds. The Labute approximate surface area is 117 Å². The first-order chi connectivity index (χ1) is 9.04. The first kappa shape index (κ1) is 16.0. The monoisotopic (exact) mass is 265 g/mol. The third-order valence-corrected chi connectivity index (χ3v) is 3.72. The summed E-state index contributed by atoms with van der Waals surface area (Å²) in [6, 6.07) is 4.62. The number of hydrogen-bond donors (Lipinski definition) is 1. The summed E-state index contributed by atoms with van der Waals surface area (Å²) in [5.41, 5.74) is 3.72. The van der Waals surface area contributed by atoms with E-state index in [-0.39, 0.29) is 0 Å². The standard InChI is InChI=1S/C16H27NO2/c1-11(10-18-5)9-15(17-4)14-8-7-12(2)13(3)16(14)19-6/h7-8,11,15,17H,9-10H2,1-6H3. The van der Waals surface area contributed by atoms with Gasteiger partial charge in [-0.3, -0.25) is 0 Å². The summed E-state index contributed by atoms with van der Waals surface area (Å²) in [6.07, 6.45) is 1.03. The summed E-state index contributed by atoms with van der Waals surface area (Å²) in [4.78, 5) is 0. The van der Waals surface area contributed by atoms with E-state index in [1.807, 2.05) is 7.05 Å². The smallest absolute Gasteiger partial charge is 0.126 e. The lowest BCUT2D eigenvalue weighted by Gasteiger charge is -2.24. The van der Waals surface area contributed by atoms with Gasteiger partial charge in [-0.15, -0.1) is 0 Å². The van der Waals surface area contributed by atoms with Crippen molar-refractivity contribution in [3.05, 3.63) is 28.8 Å². The van der Waals surface area contributed by atoms with Crippen molar-refractivity contribution in [2.45, 2.75) is 33.2 Å². The van der Waals surface area contributed by atoms with Crippen LogP contribution in [-0.2, 0) is 4.74 Å². The van der Waals surface area contributed by atoms with Gasteiger partial charge < -0.3 is 14.8 Å². The molecule has 0 aliphatic rings. The van der Waals surface area contributed by atoms with Crippen LogP contribution in [0.2, 0.25) is 0 Å². The lowest BCUT2D eigenvalue weighted by atomic mass is 9.93. The molecule has 0 fully saturated rings. The molecule has 0 saturated heterocycles. The van der Waals surface area contributed by atoms with Crippen LogP contribution in [0, 0.1) is 19.8 Å². The van der Waals surface area contributed by atoms with E-state index in [1.54, 1.807) is 14.2 Å². The molecule has 1 rings (SSSR count). The molecule has 0 aromatic heterocycles. The molecule has 0 aliphatic heterocycles. The molecule has 1 aromatic carbocycles.